The average Bonchev–Trinajstić information content (AvgIpc) is 2.46. The highest BCUT2D eigenvalue weighted by atomic mass is 35.7. The third-order valence-corrected chi connectivity index (χ3v) is 4.60. The van der Waals surface area contributed by atoms with Gasteiger partial charge in [-0.05, 0) is 37.1 Å². The van der Waals surface area contributed by atoms with Gasteiger partial charge < -0.3 is 4.90 Å². The summed E-state index contributed by atoms with van der Waals surface area (Å²) < 4.78 is 22.4. The zero-order chi connectivity index (χ0) is 15.9. The van der Waals surface area contributed by atoms with Gasteiger partial charge in [0.05, 0.1) is 4.90 Å². The zero-order valence-corrected chi connectivity index (χ0v) is 14.1. The van der Waals surface area contributed by atoms with E-state index in [1.165, 1.54) is 24.3 Å². The van der Waals surface area contributed by atoms with Crippen molar-refractivity contribution in [3.05, 3.63) is 29.8 Å². The van der Waals surface area contributed by atoms with Crippen LogP contribution < -0.4 is 0 Å². The van der Waals surface area contributed by atoms with E-state index in [0.717, 1.165) is 38.8 Å². The highest BCUT2D eigenvalue weighted by molar-refractivity contribution is 8.13. The van der Waals surface area contributed by atoms with E-state index in [4.69, 9.17) is 10.7 Å². The Morgan fingerprint density at radius 1 is 1.05 bits per heavy atom. The molecule has 4 nitrogen and oxygen atoms in total. The molecule has 0 aliphatic carbocycles. The van der Waals surface area contributed by atoms with E-state index in [1.54, 1.807) is 0 Å². The van der Waals surface area contributed by atoms with Gasteiger partial charge in [-0.25, -0.2) is 8.42 Å². The van der Waals surface area contributed by atoms with E-state index in [-0.39, 0.29) is 10.8 Å². The minimum absolute atomic E-state index is 0.00869. The number of carbonyl (C=O) groups is 1. The van der Waals surface area contributed by atoms with Crippen LogP contribution in [0.2, 0.25) is 0 Å². The number of benzene rings is 1. The number of halogens is 1. The number of unbranched alkanes of at least 4 members (excludes halogenated alkanes) is 2. The normalized spacial score (nSPS) is 11.4. The number of hydrogen-bond donors (Lipinski definition) is 0. The Morgan fingerprint density at radius 3 is 1.90 bits per heavy atom. The van der Waals surface area contributed by atoms with E-state index in [1.807, 2.05) is 4.90 Å². The molecular formula is C15H22ClNO3S. The second-order valence-corrected chi connectivity index (χ2v) is 7.53. The van der Waals surface area contributed by atoms with Crippen LogP contribution in [0.5, 0.6) is 0 Å². The first-order valence-electron chi connectivity index (χ1n) is 7.24. The van der Waals surface area contributed by atoms with Crippen molar-refractivity contribution in [3.8, 4) is 0 Å². The Morgan fingerprint density at radius 2 is 1.52 bits per heavy atom. The second-order valence-electron chi connectivity index (χ2n) is 4.96. The van der Waals surface area contributed by atoms with Crippen molar-refractivity contribution < 1.29 is 13.2 Å². The quantitative estimate of drug-likeness (QED) is 0.683. The maximum Gasteiger partial charge on any atom is 0.261 e. The predicted octanol–water partition coefficient (Wildman–Crippen LogP) is 3.66. The summed E-state index contributed by atoms with van der Waals surface area (Å²) in [5.41, 5.74) is 0.492. The minimum atomic E-state index is -3.75. The molecule has 1 amide bonds. The predicted molar refractivity (Wildman–Crippen MR) is 85.2 cm³/mol. The van der Waals surface area contributed by atoms with Crippen LogP contribution in [0.3, 0.4) is 0 Å². The van der Waals surface area contributed by atoms with Crippen molar-refractivity contribution in [2.45, 2.75) is 44.4 Å². The molecule has 0 radical (unpaired) electrons. The van der Waals surface area contributed by atoms with Gasteiger partial charge in [0, 0.05) is 29.3 Å². The van der Waals surface area contributed by atoms with Gasteiger partial charge in [-0.2, -0.15) is 0 Å². The highest BCUT2D eigenvalue weighted by Gasteiger charge is 2.16. The number of hydrogen-bond acceptors (Lipinski definition) is 3. The smallest absolute Gasteiger partial charge is 0.261 e. The SMILES string of the molecule is CCCCN(CCCC)C(=O)c1ccc(S(=O)(=O)Cl)cc1. The Bertz CT molecular complexity index is 547. The molecule has 21 heavy (non-hydrogen) atoms. The molecule has 0 atom stereocenters. The third-order valence-electron chi connectivity index (χ3n) is 3.23. The van der Waals surface area contributed by atoms with E-state index in [0.29, 0.717) is 5.56 Å². The summed E-state index contributed by atoms with van der Waals surface area (Å²) in [4.78, 5) is 14.3. The number of rotatable bonds is 8. The van der Waals surface area contributed by atoms with Gasteiger partial charge in [0.1, 0.15) is 0 Å². The third kappa shape index (κ3) is 5.67. The summed E-state index contributed by atoms with van der Waals surface area (Å²) in [6, 6.07) is 5.77. The molecule has 6 heteroatoms. The molecule has 118 valence electrons. The fraction of sp³-hybridized carbons (Fsp3) is 0.533. The molecule has 0 fully saturated rings. The molecule has 0 saturated heterocycles. The highest BCUT2D eigenvalue weighted by Crippen LogP contribution is 2.16. The minimum Gasteiger partial charge on any atom is -0.339 e. The van der Waals surface area contributed by atoms with Gasteiger partial charge >= 0.3 is 0 Å². The molecule has 0 bridgehead atoms. The summed E-state index contributed by atoms with van der Waals surface area (Å²) >= 11 is 0. The fourth-order valence-electron chi connectivity index (χ4n) is 1.96. The van der Waals surface area contributed by atoms with Crippen molar-refractivity contribution in [1.82, 2.24) is 4.90 Å². The maximum atomic E-state index is 12.5. The van der Waals surface area contributed by atoms with E-state index >= 15 is 0 Å². The molecule has 0 N–H and O–H groups in total. The van der Waals surface area contributed by atoms with Crippen LogP contribution >= 0.6 is 10.7 Å². The number of carbonyl (C=O) groups excluding carboxylic acids is 1. The fourth-order valence-corrected chi connectivity index (χ4v) is 2.73. The number of nitrogens with zero attached hydrogens (tertiary/aromatic N) is 1. The molecule has 1 rings (SSSR count). The van der Waals surface area contributed by atoms with Crippen molar-refractivity contribution in [2.75, 3.05) is 13.1 Å². The molecule has 0 heterocycles. The molecule has 0 aromatic heterocycles. The molecule has 0 saturated carbocycles. The molecule has 0 spiro atoms. The van der Waals surface area contributed by atoms with E-state index in [2.05, 4.69) is 13.8 Å². The van der Waals surface area contributed by atoms with Gasteiger partial charge in [-0.1, -0.05) is 26.7 Å². The largest absolute Gasteiger partial charge is 0.339 e. The lowest BCUT2D eigenvalue weighted by molar-refractivity contribution is 0.0751. The van der Waals surface area contributed by atoms with Crippen molar-refractivity contribution >= 4 is 25.6 Å². The van der Waals surface area contributed by atoms with E-state index in [9.17, 15) is 13.2 Å². The van der Waals surface area contributed by atoms with Crippen molar-refractivity contribution in [2.24, 2.45) is 0 Å². The standard InChI is InChI=1S/C15H22ClNO3S/c1-3-5-11-17(12-6-4-2)15(18)13-7-9-14(10-8-13)21(16,19)20/h7-10H,3-6,11-12H2,1-2H3. The number of amides is 1. The molecule has 1 aromatic rings. The lowest BCUT2D eigenvalue weighted by atomic mass is 10.1. The zero-order valence-electron chi connectivity index (χ0n) is 12.5. The summed E-state index contributed by atoms with van der Waals surface area (Å²) in [6.45, 7) is 5.63. The van der Waals surface area contributed by atoms with Crippen molar-refractivity contribution in [1.29, 1.82) is 0 Å². The summed E-state index contributed by atoms with van der Waals surface area (Å²) in [7, 11) is 1.52. The van der Waals surface area contributed by atoms with Gasteiger partial charge in [0.25, 0.3) is 15.0 Å². The van der Waals surface area contributed by atoms with Crippen LogP contribution in [0.4, 0.5) is 0 Å². The van der Waals surface area contributed by atoms with Crippen LogP contribution in [-0.4, -0.2) is 32.3 Å². The topological polar surface area (TPSA) is 54.5 Å². The van der Waals surface area contributed by atoms with Crippen LogP contribution in [0.1, 0.15) is 49.9 Å². The van der Waals surface area contributed by atoms with Gasteiger partial charge in [0.2, 0.25) is 0 Å². The first-order chi connectivity index (χ1) is 9.90. The van der Waals surface area contributed by atoms with Crippen LogP contribution in [0, 0.1) is 0 Å². The van der Waals surface area contributed by atoms with Crippen LogP contribution in [0.15, 0.2) is 29.2 Å². The molecular weight excluding hydrogens is 310 g/mol. The summed E-state index contributed by atoms with van der Waals surface area (Å²) in [5, 5.41) is 0. The lowest BCUT2D eigenvalue weighted by Crippen LogP contribution is -2.32. The van der Waals surface area contributed by atoms with Crippen LogP contribution in [-0.2, 0) is 9.05 Å². The van der Waals surface area contributed by atoms with Gasteiger partial charge in [0.15, 0.2) is 0 Å². The first-order valence-corrected chi connectivity index (χ1v) is 9.55. The summed E-state index contributed by atoms with van der Waals surface area (Å²) in [5.74, 6) is -0.0598. The maximum absolute atomic E-state index is 12.5. The Balaban J connectivity index is 2.87. The summed E-state index contributed by atoms with van der Waals surface area (Å²) in [6.07, 6.45) is 3.98. The van der Waals surface area contributed by atoms with Crippen LogP contribution in [0.25, 0.3) is 0 Å². The van der Waals surface area contributed by atoms with E-state index < -0.39 is 9.05 Å². The molecule has 0 aliphatic heterocycles. The molecule has 0 aliphatic rings. The Hall–Kier alpha value is -1.07. The second kappa shape index (κ2) is 8.39. The monoisotopic (exact) mass is 331 g/mol. The molecule has 0 unspecified atom stereocenters. The Labute approximate surface area is 131 Å². The van der Waals surface area contributed by atoms with Crippen molar-refractivity contribution in [3.63, 3.8) is 0 Å². The lowest BCUT2D eigenvalue weighted by Gasteiger charge is -2.22. The molecule has 1 aromatic carbocycles. The van der Waals surface area contributed by atoms with Gasteiger partial charge in [-0.15, -0.1) is 0 Å². The Kier molecular flexibility index (Phi) is 7.18. The van der Waals surface area contributed by atoms with Gasteiger partial charge in [-0.3, -0.25) is 4.79 Å². The average molecular weight is 332 g/mol. The first kappa shape index (κ1) is 18.0.